The molecule has 1 heterocycles. The molecular weight excluding hydrogens is 394 g/mol. The van der Waals surface area contributed by atoms with Crippen molar-refractivity contribution in [2.45, 2.75) is 18.9 Å². The normalized spacial score (nSPS) is 13.9. The van der Waals surface area contributed by atoms with E-state index in [1.807, 2.05) is 53.2 Å². The maximum Gasteiger partial charge on any atom is 0.248 e. The van der Waals surface area contributed by atoms with Crippen LogP contribution in [0.3, 0.4) is 0 Å². The van der Waals surface area contributed by atoms with Gasteiger partial charge in [0.25, 0.3) is 0 Å². The first-order chi connectivity index (χ1) is 12.7. The second-order valence-corrected chi connectivity index (χ2v) is 7.05. The zero-order valence-corrected chi connectivity index (χ0v) is 15.4. The standard InChI is InChI=1S/C19H16BrN5O/c20-15-5-1-3-13(11-15)7-10-18(26)21-16-6-2-4-14(12-16)19-22-23-24-25(19)17-8-9-17/h1-7,10-12,17H,8-9H2,(H,21,26)/b10-7+. The fraction of sp³-hybridized carbons (Fsp3) is 0.158. The van der Waals surface area contributed by atoms with Crippen LogP contribution in [0.4, 0.5) is 5.69 Å². The van der Waals surface area contributed by atoms with Crippen molar-refractivity contribution in [3.8, 4) is 11.4 Å². The molecule has 0 bridgehead atoms. The van der Waals surface area contributed by atoms with Gasteiger partial charge in [0.2, 0.25) is 5.91 Å². The highest BCUT2D eigenvalue weighted by atomic mass is 79.9. The Hall–Kier alpha value is -2.80. The van der Waals surface area contributed by atoms with Crippen LogP contribution in [0, 0.1) is 0 Å². The number of amides is 1. The van der Waals surface area contributed by atoms with Crippen LogP contribution in [0.5, 0.6) is 0 Å². The second-order valence-electron chi connectivity index (χ2n) is 6.14. The summed E-state index contributed by atoms with van der Waals surface area (Å²) in [5, 5.41) is 14.9. The number of benzene rings is 2. The number of carbonyl (C=O) groups excluding carboxylic acids is 1. The first-order valence-corrected chi connectivity index (χ1v) is 9.11. The van der Waals surface area contributed by atoms with E-state index in [4.69, 9.17) is 0 Å². The third-order valence-corrected chi connectivity index (χ3v) is 4.54. The van der Waals surface area contributed by atoms with E-state index in [1.165, 1.54) is 6.08 Å². The summed E-state index contributed by atoms with van der Waals surface area (Å²) in [4.78, 5) is 12.2. The van der Waals surface area contributed by atoms with Crippen molar-refractivity contribution in [2.75, 3.05) is 5.32 Å². The Bertz CT molecular complexity index is 977. The summed E-state index contributed by atoms with van der Waals surface area (Å²) >= 11 is 3.42. The Morgan fingerprint density at radius 2 is 2.04 bits per heavy atom. The van der Waals surface area contributed by atoms with Crippen molar-refractivity contribution in [3.63, 3.8) is 0 Å². The van der Waals surface area contributed by atoms with Gasteiger partial charge in [-0.05, 0) is 59.2 Å². The van der Waals surface area contributed by atoms with Crippen LogP contribution in [0.15, 0.2) is 59.1 Å². The third kappa shape index (κ3) is 3.88. The van der Waals surface area contributed by atoms with Crippen LogP contribution in [-0.2, 0) is 4.79 Å². The molecule has 1 fully saturated rings. The van der Waals surface area contributed by atoms with Crippen LogP contribution < -0.4 is 5.32 Å². The molecule has 1 saturated carbocycles. The molecule has 1 amide bonds. The molecule has 6 nitrogen and oxygen atoms in total. The van der Waals surface area contributed by atoms with Crippen LogP contribution in [-0.4, -0.2) is 26.1 Å². The number of anilines is 1. The fourth-order valence-electron chi connectivity index (χ4n) is 2.65. The lowest BCUT2D eigenvalue weighted by Crippen LogP contribution is -2.08. The van der Waals surface area contributed by atoms with Crippen molar-refractivity contribution in [2.24, 2.45) is 0 Å². The molecule has 0 saturated heterocycles. The number of rotatable bonds is 5. The molecule has 130 valence electrons. The average molecular weight is 410 g/mol. The molecule has 0 radical (unpaired) electrons. The minimum Gasteiger partial charge on any atom is -0.322 e. The van der Waals surface area contributed by atoms with Crippen molar-refractivity contribution in [3.05, 3.63) is 64.6 Å². The molecule has 1 N–H and O–H groups in total. The summed E-state index contributed by atoms with van der Waals surface area (Å²) in [6, 6.07) is 15.7. The largest absolute Gasteiger partial charge is 0.322 e. The van der Waals surface area contributed by atoms with E-state index in [1.54, 1.807) is 6.08 Å². The van der Waals surface area contributed by atoms with E-state index < -0.39 is 0 Å². The predicted molar refractivity (Wildman–Crippen MR) is 103 cm³/mol. The SMILES string of the molecule is O=C(/C=C/c1cccc(Br)c1)Nc1cccc(-c2nnnn2C2CC2)c1. The van der Waals surface area contributed by atoms with Gasteiger partial charge in [0.05, 0.1) is 6.04 Å². The predicted octanol–water partition coefficient (Wildman–Crippen LogP) is 4.09. The van der Waals surface area contributed by atoms with E-state index >= 15 is 0 Å². The third-order valence-electron chi connectivity index (χ3n) is 4.05. The van der Waals surface area contributed by atoms with Gasteiger partial charge >= 0.3 is 0 Å². The molecule has 0 aliphatic heterocycles. The van der Waals surface area contributed by atoms with Crippen molar-refractivity contribution < 1.29 is 4.79 Å². The number of hydrogen-bond acceptors (Lipinski definition) is 4. The molecule has 2 aromatic carbocycles. The quantitative estimate of drug-likeness (QED) is 0.644. The van der Waals surface area contributed by atoms with E-state index in [-0.39, 0.29) is 5.91 Å². The zero-order valence-electron chi connectivity index (χ0n) is 13.8. The highest BCUT2D eigenvalue weighted by Gasteiger charge is 2.28. The van der Waals surface area contributed by atoms with Gasteiger partial charge in [0.15, 0.2) is 5.82 Å². The van der Waals surface area contributed by atoms with E-state index in [0.29, 0.717) is 11.7 Å². The van der Waals surface area contributed by atoms with Gasteiger partial charge in [-0.3, -0.25) is 4.79 Å². The van der Waals surface area contributed by atoms with E-state index in [0.717, 1.165) is 34.3 Å². The minimum absolute atomic E-state index is 0.191. The summed E-state index contributed by atoms with van der Waals surface area (Å²) in [6.45, 7) is 0. The molecule has 0 atom stereocenters. The van der Waals surface area contributed by atoms with Gasteiger partial charge in [-0.1, -0.05) is 40.2 Å². The Balaban J connectivity index is 1.48. The number of halogens is 1. The minimum atomic E-state index is -0.191. The molecule has 1 aliphatic carbocycles. The summed E-state index contributed by atoms with van der Waals surface area (Å²) in [7, 11) is 0. The van der Waals surface area contributed by atoms with Crippen LogP contribution in [0.1, 0.15) is 24.4 Å². The lowest BCUT2D eigenvalue weighted by molar-refractivity contribution is -0.111. The van der Waals surface area contributed by atoms with Crippen LogP contribution in [0.25, 0.3) is 17.5 Å². The highest BCUT2D eigenvalue weighted by molar-refractivity contribution is 9.10. The molecule has 0 spiro atoms. The lowest BCUT2D eigenvalue weighted by atomic mass is 10.2. The maximum absolute atomic E-state index is 12.2. The van der Waals surface area contributed by atoms with Gasteiger partial charge in [0.1, 0.15) is 0 Å². The van der Waals surface area contributed by atoms with Gasteiger partial charge in [0, 0.05) is 21.8 Å². The summed E-state index contributed by atoms with van der Waals surface area (Å²) in [5.74, 6) is 0.539. The topological polar surface area (TPSA) is 72.7 Å². The molecule has 1 aromatic heterocycles. The second kappa shape index (κ2) is 7.21. The average Bonchev–Trinajstić information content (AvgIpc) is 3.37. The monoisotopic (exact) mass is 409 g/mol. The molecular formula is C19H16BrN5O. The van der Waals surface area contributed by atoms with Gasteiger partial charge < -0.3 is 5.32 Å². The maximum atomic E-state index is 12.2. The first kappa shape index (κ1) is 16.7. The molecule has 3 aromatic rings. The highest BCUT2D eigenvalue weighted by Crippen LogP contribution is 2.36. The number of carbonyl (C=O) groups is 1. The van der Waals surface area contributed by atoms with Gasteiger partial charge in [-0.15, -0.1) is 5.10 Å². The smallest absolute Gasteiger partial charge is 0.248 e. The molecule has 4 rings (SSSR count). The molecule has 26 heavy (non-hydrogen) atoms. The van der Waals surface area contributed by atoms with Crippen LogP contribution >= 0.6 is 15.9 Å². The number of tetrazole rings is 1. The number of nitrogens with zero attached hydrogens (tertiary/aromatic N) is 4. The van der Waals surface area contributed by atoms with Gasteiger partial charge in [-0.2, -0.15) is 0 Å². The summed E-state index contributed by atoms with van der Waals surface area (Å²) in [5.41, 5.74) is 2.54. The number of nitrogens with one attached hydrogen (secondary N) is 1. The van der Waals surface area contributed by atoms with Crippen LogP contribution in [0.2, 0.25) is 0 Å². The Labute approximate surface area is 159 Å². The summed E-state index contributed by atoms with van der Waals surface area (Å²) < 4.78 is 2.83. The Morgan fingerprint density at radius 1 is 1.19 bits per heavy atom. The van der Waals surface area contributed by atoms with Crippen molar-refractivity contribution >= 4 is 33.6 Å². The summed E-state index contributed by atoms with van der Waals surface area (Å²) in [6.07, 6.45) is 5.50. The molecule has 7 heteroatoms. The van der Waals surface area contributed by atoms with Crippen molar-refractivity contribution in [1.82, 2.24) is 20.2 Å². The fourth-order valence-corrected chi connectivity index (χ4v) is 3.07. The number of hydrogen-bond donors (Lipinski definition) is 1. The molecule has 1 aliphatic rings. The van der Waals surface area contributed by atoms with E-state index in [9.17, 15) is 4.79 Å². The Morgan fingerprint density at radius 3 is 2.85 bits per heavy atom. The zero-order chi connectivity index (χ0) is 17.9. The lowest BCUT2D eigenvalue weighted by Gasteiger charge is -2.06. The Kier molecular flexibility index (Phi) is 4.62. The number of aromatic nitrogens is 4. The molecule has 0 unspecified atom stereocenters. The van der Waals surface area contributed by atoms with Crippen molar-refractivity contribution in [1.29, 1.82) is 0 Å². The van der Waals surface area contributed by atoms with Gasteiger partial charge in [-0.25, -0.2) is 4.68 Å². The van der Waals surface area contributed by atoms with E-state index in [2.05, 4.69) is 36.8 Å². The first-order valence-electron chi connectivity index (χ1n) is 8.32.